The van der Waals surface area contributed by atoms with Crippen molar-refractivity contribution in [3.63, 3.8) is 0 Å². The summed E-state index contributed by atoms with van der Waals surface area (Å²) in [6.45, 7) is 13.8. The summed E-state index contributed by atoms with van der Waals surface area (Å²) in [5, 5.41) is 2.82. The smallest absolute Gasteiger partial charge is 0.410 e. The van der Waals surface area contributed by atoms with E-state index in [0.717, 1.165) is 38.5 Å². The van der Waals surface area contributed by atoms with Crippen molar-refractivity contribution in [3.05, 3.63) is 37.2 Å². The Labute approximate surface area is 288 Å². The molecule has 2 spiro atoms. The molecule has 6 rings (SSSR count). The van der Waals surface area contributed by atoms with E-state index in [9.17, 15) is 19.2 Å². The summed E-state index contributed by atoms with van der Waals surface area (Å²) in [5.41, 5.74) is -0.897. The maximum Gasteiger partial charge on any atom is 0.410 e. The van der Waals surface area contributed by atoms with Gasteiger partial charge in [-0.25, -0.2) is 19.6 Å². The molecule has 14 heteroatoms. The molecule has 2 atom stereocenters. The van der Waals surface area contributed by atoms with Gasteiger partial charge in [-0.1, -0.05) is 0 Å². The van der Waals surface area contributed by atoms with Gasteiger partial charge in [-0.15, -0.1) is 0 Å². The Hall–Kier alpha value is -4.36. The van der Waals surface area contributed by atoms with E-state index in [1.54, 1.807) is 52.7 Å². The van der Waals surface area contributed by atoms with E-state index < -0.39 is 11.2 Å². The lowest BCUT2D eigenvalue weighted by Gasteiger charge is -2.34. The van der Waals surface area contributed by atoms with Crippen molar-refractivity contribution < 1.29 is 28.7 Å². The highest BCUT2D eigenvalue weighted by atomic mass is 16.6. The van der Waals surface area contributed by atoms with Crippen LogP contribution in [0.3, 0.4) is 0 Å². The fraction of sp³-hybridized carbons (Fsp3) is 0.657. The quantitative estimate of drug-likeness (QED) is 0.470. The van der Waals surface area contributed by atoms with Crippen molar-refractivity contribution in [2.45, 2.75) is 91.3 Å². The summed E-state index contributed by atoms with van der Waals surface area (Å²) in [6, 6.07) is 0. The zero-order valence-electron chi connectivity index (χ0n) is 29.8. The first kappa shape index (κ1) is 35.9. The van der Waals surface area contributed by atoms with Crippen LogP contribution in [-0.4, -0.2) is 98.2 Å². The molecule has 0 bridgehead atoms. The number of likely N-dealkylation sites (tertiary alicyclic amines) is 2. The normalized spacial score (nSPS) is 21.9. The average Bonchev–Trinajstić information content (AvgIpc) is 3.95. The minimum atomic E-state index is -0.482. The topological polar surface area (TPSA) is 160 Å². The maximum atomic E-state index is 12.7. The average molecular weight is 679 g/mol. The van der Waals surface area contributed by atoms with Crippen molar-refractivity contribution in [3.8, 4) is 0 Å². The van der Waals surface area contributed by atoms with Crippen LogP contribution >= 0.6 is 0 Å². The van der Waals surface area contributed by atoms with Crippen LogP contribution in [0.2, 0.25) is 0 Å². The lowest BCUT2D eigenvalue weighted by Crippen LogP contribution is -2.43. The minimum Gasteiger partial charge on any atom is -0.444 e. The first-order valence-electron chi connectivity index (χ1n) is 17.1. The number of piperidine rings is 2. The Morgan fingerprint density at radius 2 is 1.20 bits per heavy atom. The lowest BCUT2D eigenvalue weighted by molar-refractivity contribution is -0.120. The molecule has 0 aromatic carbocycles. The van der Waals surface area contributed by atoms with Crippen LogP contribution in [0, 0.1) is 22.7 Å². The van der Waals surface area contributed by atoms with Crippen LogP contribution in [0.5, 0.6) is 0 Å². The van der Waals surface area contributed by atoms with Crippen molar-refractivity contribution >= 4 is 35.6 Å². The molecule has 2 aliphatic heterocycles. The Morgan fingerprint density at radius 1 is 0.735 bits per heavy atom. The molecule has 4 amide bonds. The van der Waals surface area contributed by atoms with Crippen LogP contribution < -0.4 is 10.2 Å². The van der Waals surface area contributed by atoms with Crippen molar-refractivity contribution in [2.24, 2.45) is 22.7 Å². The number of carbonyl (C=O) groups is 4. The second-order valence-electron chi connectivity index (χ2n) is 15.7. The largest absolute Gasteiger partial charge is 0.444 e. The molecular formula is C35H50N8O6. The molecule has 49 heavy (non-hydrogen) atoms. The molecule has 2 aromatic rings. The molecule has 4 heterocycles. The van der Waals surface area contributed by atoms with Gasteiger partial charge >= 0.3 is 12.2 Å². The van der Waals surface area contributed by atoms with E-state index in [4.69, 9.17) is 9.47 Å². The first-order chi connectivity index (χ1) is 23.0. The molecule has 1 N–H and O–H groups in total. The summed E-state index contributed by atoms with van der Waals surface area (Å²) < 4.78 is 10.8. The number of aromatic nitrogens is 4. The third-order valence-corrected chi connectivity index (χ3v) is 9.85. The molecule has 2 aliphatic carbocycles. The predicted molar refractivity (Wildman–Crippen MR) is 181 cm³/mol. The molecule has 4 aliphatic rings. The van der Waals surface area contributed by atoms with Crippen LogP contribution in [0.1, 0.15) is 80.1 Å². The van der Waals surface area contributed by atoms with E-state index in [0.29, 0.717) is 37.8 Å². The van der Waals surface area contributed by atoms with Gasteiger partial charge in [0.2, 0.25) is 11.8 Å². The molecule has 2 aromatic heterocycles. The number of amides is 4. The third kappa shape index (κ3) is 9.01. The second kappa shape index (κ2) is 13.9. The number of nitrogens with one attached hydrogen (secondary N) is 1. The summed E-state index contributed by atoms with van der Waals surface area (Å²) in [5.74, 6) is 1.16. The highest BCUT2D eigenvalue weighted by molar-refractivity contribution is 5.96. The molecule has 2 saturated carbocycles. The molecule has 14 nitrogen and oxygen atoms in total. The summed E-state index contributed by atoms with van der Waals surface area (Å²) in [6.07, 6.45) is 14.0. The second-order valence-corrected chi connectivity index (χ2v) is 15.7. The number of hydrogen-bond donors (Lipinski definition) is 1. The number of ether oxygens (including phenoxy) is 2. The van der Waals surface area contributed by atoms with E-state index in [1.807, 2.05) is 41.5 Å². The van der Waals surface area contributed by atoms with Crippen LogP contribution in [0.15, 0.2) is 37.2 Å². The zero-order valence-corrected chi connectivity index (χ0v) is 29.8. The lowest BCUT2D eigenvalue weighted by atomic mass is 9.90. The standard InChI is InChI=1S/C18H26N4O3.C17H24N4O3/c1-17(2,3)25-16(24)22-9-5-18(6-10-22)11-13(18)15(23)21(4)14-12-19-7-8-20-14;1-16(2,3)24-15(23)21-8-4-17(5-9-21)10-12(17)14(22)20-13-11-18-6-7-19-13/h7-8,12-13H,5-6,9-11H2,1-4H3;6-7,11-12H,4-5,8-10H2,1-3H3,(H,19,20,22). The number of anilines is 2. The monoisotopic (exact) mass is 678 g/mol. The predicted octanol–water partition coefficient (Wildman–Crippen LogP) is 4.93. The Balaban J connectivity index is 0.000000191. The molecule has 0 radical (unpaired) electrons. The van der Waals surface area contributed by atoms with E-state index in [-0.39, 0.29) is 46.7 Å². The van der Waals surface area contributed by atoms with Crippen molar-refractivity contribution in [1.29, 1.82) is 0 Å². The number of nitrogens with zero attached hydrogens (tertiary/aromatic N) is 7. The number of carbonyl (C=O) groups excluding carboxylic acids is 4. The van der Waals surface area contributed by atoms with Gasteiger partial charge in [0, 0.05) is 69.8 Å². The SMILES string of the molecule is CC(C)(C)OC(=O)N1CCC2(CC1)CC2C(=O)Nc1cnccn1.CN(C(=O)C1CC12CCN(C(=O)OC(C)(C)C)CC2)c1cnccn1. The molecule has 266 valence electrons. The summed E-state index contributed by atoms with van der Waals surface area (Å²) in [7, 11) is 1.74. The van der Waals surface area contributed by atoms with E-state index >= 15 is 0 Å². The van der Waals surface area contributed by atoms with Crippen molar-refractivity contribution in [1.82, 2.24) is 29.7 Å². The maximum absolute atomic E-state index is 12.7. The highest BCUT2D eigenvalue weighted by Gasteiger charge is 2.60. The Morgan fingerprint density at radius 3 is 1.65 bits per heavy atom. The van der Waals surface area contributed by atoms with E-state index in [1.165, 1.54) is 6.20 Å². The van der Waals surface area contributed by atoms with Gasteiger partial charge in [0.25, 0.3) is 0 Å². The molecular weight excluding hydrogens is 628 g/mol. The fourth-order valence-corrected chi connectivity index (χ4v) is 6.83. The molecule has 2 unspecified atom stereocenters. The van der Waals surface area contributed by atoms with Gasteiger partial charge in [0.05, 0.1) is 12.4 Å². The molecule has 4 fully saturated rings. The van der Waals surface area contributed by atoms with E-state index in [2.05, 4.69) is 25.3 Å². The highest BCUT2D eigenvalue weighted by Crippen LogP contribution is 2.60. The number of rotatable bonds is 4. The van der Waals surface area contributed by atoms with Gasteiger partial charge in [-0.05, 0) is 90.9 Å². The van der Waals surface area contributed by atoms with Gasteiger partial charge in [0.15, 0.2) is 11.6 Å². The van der Waals surface area contributed by atoms with Gasteiger partial charge in [0.1, 0.15) is 11.2 Å². The zero-order chi connectivity index (χ0) is 35.6. The van der Waals surface area contributed by atoms with Crippen LogP contribution in [0.25, 0.3) is 0 Å². The van der Waals surface area contributed by atoms with Crippen LogP contribution in [-0.2, 0) is 19.1 Å². The summed E-state index contributed by atoms with van der Waals surface area (Å²) in [4.78, 5) is 70.7. The van der Waals surface area contributed by atoms with Gasteiger partial charge < -0.3 is 24.6 Å². The third-order valence-electron chi connectivity index (χ3n) is 9.85. The minimum absolute atomic E-state index is 0.000271. The Kier molecular flexibility index (Phi) is 10.2. The van der Waals surface area contributed by atoms with Gasteiger partial charge in [-0.2, -0.15) is 0 Å². The fourth-order valence-electron chi connectivity index (χ4n) is 6.83. The summed E-state index contributed by atoms with van der Waals surface area (Å²) >= 11 is 0. The Bertz CT molecular complexity index is 1490. The van der Waals surface area contributed by atoms with Crippen molar-refractivity contribution in [2.75, 3.05) is 43.4 Å². The number of hydrogen-bond acceptors (Lipinski definition) is 10. The first-order valence-corrected chi connectivity index (χ1v) is 17.1. The van der Waals surface area contributed by atoms with Crippen LogP contribution in [0.4, 0.5) is 21.2 Å². The van der Waals surface area contributed by atoms with Gasteiger partial charge in [-0.3, -0.25) is 24.5 Å². The molecule has 2 saturated heterocycles.